The number of nitrogens with two attached hydrogens (primary N) is 1. The topological polar surface area (TPSA) is 114 Å². The number of aromatic amines is 1. The van der Waals surface area contributed by atoms with E-state index in [0.717, 1.165) is 22.4 Å². The van der Waals surface area contributed by atoms with E-state index in [1.165, 1.54) is 0 Å². The predicted octanol–water partition coefficient (Wildman–Crippen LogP) is 4.51. The van der Waals surface area contributed by atoms with Crippen LogP contribution in [0.5, 0.6) is 11.6 Å². The number of fused-ring (bicyclic) bond motifs is 1. The molecule has 1 atom stereocenters. The molecule has 0 bridgehead atoms. The maximum absolute atomic E-state index is 12.4. The second-order valence-corrected chi connectivity index (χ2v) is 7.43. The fourth-order valence-electron chi connectivity index (χ4n) is 3.87. The van der Waals surface area contributed by atoms with Crippen LogP contribution in [-0.2, 0) is 0 Å². The Bertz CT molecular complexity index is 1390. The molecule has 0 spiro atoms. The molecule has 7 heteroatoms. The van der Waals surface area contributed by atoms with Crippen LogP contribution in [0.4, 0.5) is 0 Å². The average Bonchev–Trinajstić information content (AvgIpc) is 3.28. The van der Waals surface area contributed by atoms with Gasteiger partial charge in [-0.15, -0.1) is 5.10 Å². The summed E-state index contributed by atoms with van der Waals surface area (Å²) in [7, 11) is 0. The fraction of sp³-hybridized carbons (Fsp3) is 0.0385. The zero-order valence-corrected chi connectivity index (χ0v) is 17.4. The first-order chi connectivity index (χ1) is 16.2. The minimum atomic E-state index is -0.494. The van der Waals surface area contributed by atoms with E-state index in [-0.39, 0.29) is 11.5 Å². The highest BCUT2D eigenvalue weighted by Crippen LogP contribution is 2.45. The number of rotatable bonds is 4. The minimum Gasteiger partial charge on any atom is -0.423 e. The lowest BCUT2D eigenvalue weighted by Crippen LogP contribution is -2.21. The number of hydrogen-bond acceptors (Lipinski definition) is 6. The molecule has 1 aliphatic heterocycles. The first-order valence-electron chi connectivity index (χ1n) is 10.2. The monoisotopic (exact) mass is 434 g/mol. The van der Waals surface area contributed by atoms with E-state index in [2.05, 4.69) is 16.3 Å². The quantitative estimate of drug-likeness (QED) is 0.361. The van der Waals surface area contributed by atoms with Gasteiger partial charge in [0.1, 0.15) is 17.4 Å². The molecule has 5 rings (SSSR count). The van der Waals surface area contributed by atoms with Crippen molar-refractivity contribution in [3.8, 4) is 29.0 Å². The summed E-state index contributed by atoms with van der Waals surface area (Å²) in [5, 5.41) is 17.1. The fourth-order valence-corrected chi connectivity index (χ4v) is 3.87. The zero-order valence-electron chi connectivity index (χ0n) is 17.4. The molecule has 4 aromatic rings. The highest BCUT2D eigenvalue weighted by molar-refractivity contribution is 5.91. The molecule has 1 aromatic heterocycles. The Morgan fingerprint density at radius 2 is 1.67 bits per heavy atom. The third-order valence-corrected chi connectivity index (χ3v) is 5.43. The SMILES string of the molecule is N#CC1=C(N)Oc2n[nH]c(-c3ccccc3)c2[C@@H]1c1ccc(OC(=O)c2ccccc2)cc1. The maximum atomic E-state index is 12.4. The lowest BCUT2D eigenvalue weighted by molar-refractivity contribution is 0.0734. The van der Waals surface area contributed by atoms with Crippen LogP contribution in [0.2, 0.25) is 0 Å². The highest BCUT2D eigenvalue weighted by atomic mass is 16.5. The normalized spacial score (nSPS) is 14.7. The molecule has 3 aromatic carbocycles. The number of esters is 1. The number of nitriles is 1. The second kappa shape index (κ2) is 8.36. The zero-order chi connectivity index (χ0) is 22.8. The van der Waals surface area contributed by atoms with Crippen LogP contribution in [-0.4, -0.2) is 16.2 Å². The van der Waals surface area contributed by atoms with Crippen molar-refractivity contribution in [3.05, 3.63) is 113 Å². The van der Waals surface area contributed by atoms with Crippen LogP contribution in [0, 0.1) is 11.3 Å². The first-order valence-corrected chi connectivity index (χ1v) is 10.2. The Morgan fingerprint density at radius 3 is 2.33 bits per heavy atom. The Hall–Kier alpha value is -4.83. The van der Waals surface area contributed by atoms with Gasteiger partial charge in [0.05, 0.1) is 22.7 Å². The molecule has 1 aliphatic rings. The first kappa shape index (κ1) is 20.1. The van der Waals surface area contributed by atoms with E-state index in [1.54, 1.807) is 48.5 Å². The number of carbonyl (C=O) groups excluding carboxylic acids is 1. The van der Waals surface area contributed by atoms with E-state index in [4.69, 9.17) is 15.2 Å². The van der Waals surface area contributed by atoms with Crippen molar-refractivity contribution < 1.29 is 14.3 Å². The van der Waals surface area contributed by atoms with Crippen molar-refractivity contribution in [1.82, 2.24) is 10.2 Å². The number of nitrogens with zero attached hydrogens (tertiary/aromatic N) is 2. The smallest absolute Gasteiger partial charge is 0.343 e. The summed E-state index contributed by atoms with van der Waals surface area (Å²) in [6, 6.07) is 27.6. The Balaban J connectivity index is 1.52. The molecule has 3 N–H and O–H groups in total. The van der Waals surface area contributed by atoms with Gasteiger partial charge in [-0.2, -0.15) is 5.26 Å². The number of ether oxygens (including phenoxy) is 2. The van der Waals surface area contributed by atoms with Gasteiger partial charge in [0.15, 0.2) is 0 Å². The lowest BCUT2D eigenvalue weighted by Gasteiger charge is -2.24. The number of carbonyl (C=O) groups is 1. The molecule has 0 aliphatic carbocycles. The van der Waals surface area contributed by atoms with Crippen molar-refractivity contribution in [1.29, 1.82) is 5.26 Å². The Kier molecular flexibility index (Phi) is 5.09. The molecule has 0 saturated carbocycles. The number of H-pyrrole nitrogens is 1. The molecule has 7 nitrogen and oxygen atoms in total. The summed E-state index contributed by atoms with van der Waals surface area (Å²) in [4.78, 5) is 12.4. The van der Waals surface area contributed by atoms with Gasteiger partial charge in [-0.1, -0.05) is 60.7 Å². The highest BCUT2D eigenvalue weighted by Gasteiger charge is 2.35. The summed E-state index contributed by atoms with van der Waals surface area (Å²) >= 11 is 0. The van der Waals surface area contributed by atoms with Crippen LogP contribution in [0.25, 0.3) is 11.3 Å². The van der Waals surface area contributed by atoms with Gasteiger partial charge in [0, 0.05) is 0 Å². The average molecular weight is 434 g/mol. The number of allylic oxidation sites excluding steroid dienone is 1. The van der Waals surface area contributed by atoms with Crippen LogP contribution in [0.1, 0.15) is 27.4 Å². The van der Waals surface area contributed by atoms with Crippen molar-refractivity contribution in [2.75, 3.05) is 0 Å². The molecule has 0 radical (unpaired) electrons. The van der Waals surface area contributed by atoms with Crippen LogP contribution in [0.3, 0.4) is 0 Å². The van der Waals surface area contributed by atoms with Gasteiger partial charge in [0.25, 0.3) is 0 Å². The molecular formula is C26H18N4O3. The summed E-state index contributed by atoms with van der Waals surface area (Å²) in [5.74, 6) is -0.201. The van der Waals surface area contributed by atoms with Gasteiger partial charge in [0.2, 0.25) is 11.8 Å². The molecule has 33 heavy (non-hydrogen) atoms. The van der Waals surface area contributed by atoms with E-state index in [1.807, 2.05) is 36.4 Å². The third-order valence-electron chi connectivity index (χ3n) is 5.43. The van der Waals surface area contributed by atoms with Crippen molar-refractivity contribution in [3.63, 3.8) is 0 Å². The van der Waals surface area contributed by atoms with Gasteiger partial charge in [-0.25, -0.2) is 4.79 Å². The molecular weight excluding hydrogens is 416 g/mol. The molecule has 0 fully saturated rings. The predicted molar refractivity (Wildman–Crippen MR) is 121 cm³/mol. The van der Waals surface area contributed by atoms with Crippen LogP contribution < -0.4 is 15.2 Å². The van der Waals surface area contributed by atoms with Gasteiger partial charge < -0.3 is 15.2 Å². The molecule has 160 valence electrons. The summed E-state index contributed by atoms with van der Waals surface area (Å²) in [6.07, 6.45) is 0. The standard InChI is InChI=1S/C26H18N4O3/c27-15-20-21(16-11-13-19(14-12-16)32-26(31)18-9-5-2-6-10-18)22-23(17-7-3-1-4-8-17)29-30-25(22)33-24(20)28/h1-14,21H,28H2,(H,29,30)/t21-/m1/s1. The molecule has 2 heterocycles. The summed E-state index contributed by atoms with van der Waals surface area (Å²) in [5.41, 5.74) is 9.97. The van der Waals surface area contributed by atoms with Gasteiger partial charge in [-0.3, -0.25) is 5.10 Å². The lowest BCUT2D eigenvalue weighted by atomic mass is 9.83. The molecule has 0 unspecified atom stereocenters. The maximum Gasteiger partial charge on any atom is 0.343 e. The number of aromatic nitrogens is 2. The number of nitrogens with one attached hydrogen (secondary N) is 1. The molecule has 0 amide bonds. The minimum absolute atomic E-state index is 0.0145. The van der Waals surface area contributed by atoms with Crippen molar-refractivity contribution in [2.24, 2.45) is 5.73 Å². The number of benzene rings is 3. The molecule has 0 saturated heterocycles. The Morgan fingerprint density at radius 1 is 1.00 bits per heavy atom. The number of hydrogen-bond donors (Lipinski definition) is 2. The van der Waals surface area contributed by atoms with E-state index >= 15 is 0 Å². The van der Waals surface area contributed by atoms with E-state index in [9.17, 15) is 10.1 Å². The third kappa shape index (κ3) is 3.70. The Labute approximate surface area is 189 Å². The van der Waals surface area contributed by atoms with Crippen LogP contribution in [0.15, 0.2) is 96.4 Å². The van der Waals surface area contributed by atoms with E-state index in [0.29, 0.717) is 17.2 Å². The van der Waals surface area contributed by atoms with E-state index < -0.39 is 11.9 Å². The van der Waals surface area contributed by atoms with Crippen molar-refractivity contribution >= 4 is 5.97 Å². The van der Waals surface area contributed by atoms with Crippen LogP contribution >= 0.6 is 0 Å². The largest absolute Gasteiger partial charge is 0.423 e. The van der Waals surface area contributed by atoms with Gasteiger partial charge >= 0.3 is 5.97 Å². The summed E-state index contributed by atoms with van der Waals surface area (Å²) < 4.78 is 11.1. The second-order valence-electron chi connectivity index (χ2n) is 7.43. The summed E-state index contributed by atoms with van der Waals surface area (Å²) in [6.45, 7) is 0. The van der Waals surface area contributed by atoms with Crippen molar-refractivity contribution in [2.45, 2.75) is 5.92 Å². The van der Waals surface area contributed by atoms with Gasteiger partial charge in [-0.05, 0) is 35.4 Å².